The van der Waals surface area contributed by atoms with Crippen LogP contribution in [0.2, 0.25) is 0 Å². The zero-order valence-corrected chi connectivity index (χ0v) is 13.7. The number of aliphatic hydroxyl groups is 1. The third kappa shape index (κ3) is 5.74. The minimum absolute atomic E-state index is 0.140. The monoisotopic (exact) mass is 332 g/mol. The first-order valence-corrected chi connectivity index (χ1v) is 7.44. The molecule has 2 unspecified atom stereocenters. The highest BCUT2D eigenvalue weighted by Gasteiger charge is 2.31. The van der Waals surface area contributed by atoms with Crippen LogP contribution in [0.25, 0.3) is 0 Å². The van der Waals surface area contributed by atoms with Gasteiger partial charge in [0, 0.05) is 12.6 Å². The van der Waals surface area contributed by atoms with E-state index >= 15 is 0 Å². The second kappa shape index (κ2) is 7.68. The van der Waals surface area contributed by atoms with Crippen LogP contribution in [0.3, 0.4) is 0 Å². The van der Waals surface area contributed by atoms with Gasteiger partial charge in [0.2, 0.25) is 0 Å². The number of benzene rings is 1. The second-order valence-corrected chi connectivity index (χ2v) is 5.89. The molecule has 0 saturated carbocycles. The summed E-state index contributed by atoms with van der Waals surface area (Å²) in [6, 6.07) is 3.72. The predicted octanol–water partition coefficient (Wildman–Crippen LogP) is 3.57. The molecule has 1 rings (SSSR count). The van der Waals surface area contributed by atoms with Crippen LogP contribution < -0.4 is 5.32 Å². The number of aliphatic hydroxyl groups excluding tert-OH is 1. The fourth-order valence-electron chi connectivity index (χ4n) is 2.15. The molecule has 1 aromatic rings. The molecule has 0 spiro atoms. The number of nitrogens with one attached hydrogen (secondary N) is 1. The van der Waals surface area contributed by atoms with Gasteiger partial charge in [-0.3, -0.25) is 0 Å². The van der Waals surface area contributed by atoms with E-state index in [0.717, 1.165) is 12.1 Å². The minimum Gasteiger partial charge on any atom is -0.392 e. The third-order valence-corrected chi connectivity index (χ3v) is 3.40. The van der Waals surface area contributed by atoms with Crippen molar-refractivity contribution in [1.82, 2.24) is 10.2 Å². The van der Waals surface area contributed by atoms with Crippen molar-refractivity contribution in [3.63, 3.8) is 0 Å². The molecular formula is C16H23F3N2O2. The van der Waals surface area contributed by atoms with E-state index < -0.39 is 29.9 Å². The topological polar surface area (TPSA) is 52.6 Å². The van der Waals surface area contributed by atoms with Gasteiger partial charge in [0.15, 0.2) is 0 Å². The average Bonchev–Trinajstić information content (AvgIpc) is 2.43. The number of alkyl halides is 3. The Morgan fingerprint density at radius 3 is 2.35 bits per heavy atom. The first kappa shape index (κ1) is 19.3. The number of urea groups is 1. The van der Waals surface area contributed by atoms with Crippen LogP contribution in [-0.4, -0.2) is 34.7 Å². The Labute approximate surface area is 134 Å². The van der Waals surface area contributed by atoms with E-state index in [0.29, 0.717) is 5.56 Å². The van der Waals surface area contributed by atoms with Gasteiger partial charge in [-0.15, -0.1) is 0 Å². The first-order valence-electron chi connectivity index (χ1n) is 7.44. The smallest absolute Gasteiger partial charge is 0.392 e. The summed E-state index contributed by atoms with van der Waals surface area (Å²) in [6.45, 7) is 6.94. The van der Waals surface area contributed by atoms with Crippen LogP contribution >= 0.6 is 0 Å². The average molecular weight is 332 g/mol. The standard InChI is InChI=1S/C16H23F3N2O2/c1-10(2)21(9-11(3)22)15(23)20-12(4)13-6-5-7-14(8-13)16(17,18)19/h5-8,10-12,22H,9H2,1-4H3,(H,20,23). The van der Waals surface area contributed by atoms with Crippen LogP contribution in [-0.2, 0) is 6.18 Å². The zero-order chi connectivity index (χ0) is 17.8. The summed E-state index contributed by atoms with van der Waals surface area (Å²) >= 11 is 0. The van der Waals surface area contributed by atoms with Gasteiger partial charge in [-0.05, 0) is 45.4 Å². The molecule has 0 saturated heterocycles. The van der Waals surface area contributed by atoms with Crippen molar-refractivity contribution in [3.8, 4) is 0 Å². The maximum atomic E-state index is 12.7. The summed E-state index contributed by atoms with van der Waals surface area (Å²) in [7, 11) is 0. The number of hydrogen-bond acceptors (Lipinski definition) is 2. The second-order valence-electron chi connectivity index (χ2n) is 5.89. The molecule has 0 aromatic heterocycles. The van der Waals surface area contributed by atoms with Gasteiger partial charge in [-0.2, -0.15) is 13.2 Å². The van der Waals surface area contributed by atoms with E-state index in [9.17, 15) is 23.1 Å². The van der Waals surface area contributed by atoms with Gasteiger partial charge in [-0.1, -0.05) is 12.1 Å². The number of hydrogen-bond donors (Lipinski definition) is 2. The zero-order valence-electron chi connectivity index (χ0n) is 13.7. The normalized spacial score (nSPS) is 14.5. The molecule has 4 nitrogen and oxygen atoms in total. The molecule has 0 aliphatic heterocycles. The Morgan fingerprint density at radius 2 is 1.87 bits per heavy atom. The van der Waals surface area contributed by atoms with Crippen LogP contribution in [0.15, 0.2) is 24.3 Å². The summed E-state index contributed by atoms with van der Waals surface area (Å²) in [5.41, 5.74) is -0.380. The molecule has 2 N–H and O–H groups in total. The summed E-state index contributed by atoms with van der Waals surface area (Å²) in [5, 5.41) is 12.1. The van der Waals surface area contributed by atoms with Crippen molar-refractivity contribution in [1.29, 1.82) is 0 Å². The number of rotatable bonds is 5. The number of halogens is 3. The molecule has 7 heteroatoms. The lowest BCUT2D eigenvalue weighted by molar-refractivity contribution is -0.137. The van der Waals surface area contributed by atoms with E-state index in [1.807, 2.05) is 0 Å². The van der Waals surface area contributed by atoms with Crippen molar-refractivity contribution in [2.24, 2.45) is 0 Å². The summed E-state index contributed by atoms with van der Waals surface area (Å²) < 4.78 is 38.2. The Kier molecular flexibility index (Phi) is 6.44. The van der Waals surface area contributed by atoms with Crippen LogP contribution in [0.5, 0.6) is 0 Å². The number of nitrogens with zero attached hydrogens (tertiary/aromatic N) is 1. The van der Waals surface area contributed by atoms with Gasteiger partial charge in [0.1, 0.15) is 0 Å². The highest BCUT2D eigenvalue weighted by molar-refractivity contribution is 5.75. The fourth-order valence-corrected chi connectivity index (χ4v) is 2.15. The van der Waals surface area contributed by atoms with E-state index in [2.05, 4.69) is 5.32 Å². The molecule has 0 bridgehead atoms. The van der Waals surface area contributed by atoms with E-state index in [1.54, 1.807) is 27.7 Å². The lowest BCUT2D eigenvalue weighted by Gasteiger charge is -2.29. The minimum atomic E-state index is -4.42. The van der Waals surface area contributed by atoms with Crippen molar-refractivity contribution in [2.45, 2.75) is 52.1 Å². The molecule has 1 aromatic carbocycles. The van der Waals surface area contributed by atoms with Gasteiger partial charge < -0.3 is 15.3 Å². The Hall–Kier alpha value is -1.76. The highest BCUT2D eigenvalue weighted by atomic mass is 19.4. The van der Waals surface area contributed by atoms with Gasteiger partial charge in [0.25, 0.3) is 0 Å². The van der Waals surface area contributed by atoms with Crippen molar-refractivity contribution < 1.29 is 23.1 Å². The predicted molar refractivity (Wildman–Crippen MR) is 81.9 cm³/mol. The largest absolute Gasteiger partial charge is 0.416 e. The van der Waals surface area contributed by atoms with Crippen molar-refractivity contribution >= 4 is 6.03 Å². The van der Waals surface area contributed by atoms with Gasteiger partial charge >= 0.3 is 12.2 Å². The highest BCUT2D eigenvalue weighted by Crippen LogP contribution is 2.30. The lowest BCUT2D eigenvalue weighted by atomic mass is 10.0. The molecule has 2 amide bonds. The third-order valence-electron chi connectivity index (χ3n) is 3.40. The van der Waals surface area contributed by atoms with Gasteiger partial charge in [-0.25, -0.2) is 4.79 Å². The van der Waals surface area contributed by atoms with Crippen LogP contribution in [0, 0.1) is 0 Å². The molecular weight excluding hydrogens is 309 g/mol. The molecule has 23 heavy (non-hydrogen) atoms. The van der Waals surface area contributed by atoms with Gasteiger partial charge in [0.05, 0.1) is 17.7 Å². The molecule has 130 valence electrons. The van der Waals surface area contributed by atoms with Crippen LogP contribution in [0.4, 0.5) is 18.0 Å². The number of carbonyl (C=O) groups is 1. The van der Waals surface area contributed by atoms with Crippen molar-refractivity contribution in [3.05, 3.63) is 35.4 Å². The Balaban J connectivity index is 2.86. The Bertz CT molecular complexity index is 530. The molecule has 0 aliphatic carbocycles. The lowest BCUT2D eigenvalue weighted by Crippen LogP contribution is -2.47. The number of carbonyl (C=O) groups excluding carboxylic acids is 1. The summed E-state index contributed by atoms with van der Waals surface area (Å²) in [4.78, 5) is 13.7. The summed E-state index contributed by atoms with van der Waals surface area (Å²) in [5.74, 6) is 0. The van der Waals surface area contributed by atoms with Crippen LogP contribution in [0.1, 0.15) is 44.9 Å². The van der Waals surface area contributed by atoms with E-state index in [4.69, 9.17) is 0 Å². The first-order chi connectivity index (χ1) is 10.5. The SMILES string of the molecule is CC(O)CN(C(=O)NC(C)c1cccc(C(F)(F)F)c1)C(C)C. The maximum Gasteiger partial charge on any atom is 0.416 e. The summed E-state index contributed by atoms with van der Waals surface area (Å²) in [6.07, 6.45) is -5.11. The molecule has 2 atom stereocenters. The Morgan fingerprint density at radius 1 is 1.26 bits per heavy atom. The number of amides is 2. The van der Waals surface area contributed by atoms with E-state index in [1.165, 1.54) is 17.0 Å². The fraction of sp³-hybridized carbons (Fsp3) is 0.562. The molecule has 0 radical (unpaired) electrons. The van der Waals surface area contributed by atoms with E-state index in [-0.39, 0.29) is 12.6 Å². The molecule has 0 fully saturated rings. The quantitative estimate of drug-likeness (QED) is 0.866. The molecule has 0 heterocycles. The molecule has 0 aliphatic rings. The maximum absolute atomic E-state index is 12.7. The van der Waals surface area contributed by atoms with Crippen molar-refractivity contribution in [2.75, 3.05) is 6.54 Å².